The number of benzene rings is 1. The van der Waals surface area contributed by atoms with Gasteiger partial charge in [-0.1, -0.05) is 5.56 Å². The van der Waals surface area contributed by atoms with Crippen molar-refractivity contribution in [2.24, 2.45) is 4.99 Å². The van der Waals surface area contributed by atoms with E-state index in [9.17, 15) is 0 Å². The van der Waals surface area contributed by atoms with E-state index in [0.29, 0.717) is 6.61 Å². The number of nitrogens with zero attached hydrogens (tertiary/aromatic N) is 1. The van der Waals surface area contributed by atoms with Crippen LogP contribution in [0.5, 0.6) is 0 Å². The molecule has 1 aliphatic rings. The Morgan fingerprint density at radius 1 is 1.50 bits per heavy atom. The molecule has 0 radical (unpaired) electrons. The van der Waals surface area contributed by atoms with Gasteiger partial charge in [0.2, 0.25) is 0 Å². The van der Waals surface area contributed by atoms with Crippen LogP contribution in [0.3, 0.4) is 0 Å². The molecule has 3 heteroatoms. The maximum atomic E-state index is 5.48. The first kappa shape index (κ1) is 11.4. The summed E-state index contributed by atoms with van der Waals surface area (Å²) in [7, 11) is 0. The van der Waals surface area contributed by atoms with E-state index in [1.807, 2.05) is 24.3 Å². The number of hydrogen-bond donors (Lipinski definition) is 0. The second-order valence-electron chi connectivity index (χ2n) is 3.81. The Balaban J connectivity index is 0.000000980. The van der Waals surface area contributed by atoms with E-state index in [1.54, 1.807) is 0 Å². The predicted octanol–water partition coefficient (Wildman–Crippen LogP) is -0.954. The first-order chi connectivity index (χ1) is 6.17. The first-order valence-corrected chi connectivity index (χ1v) is 4.36. The van der Waals surface area contributed by atoms with Crippen molar-refractivity contribution in [2.75, 3.05) is 6.61 Å². The molecule has 1 aliphatic heterocycles. The molecule has 0 amide bonds. The summed E-state index contributed by atoms with van der Waals surface area (Å²) in [6.45, 7) is 4.79. The summed E-state index contributed by atoms with van der Waals surface area (Å²) in [6.07, 6.45) is 0. The normalized spacial score (nSPS) is 18.0. The topological polar surface area (TPSA) is 21.6 Å². The molecule has 0 aromatic heterocycles. The SMILES string of the molecule is CC1(C)COC(c2c[c-]ccc2)=N1.[Li+]. The molecule has 1 aromatic rings. The Morgan fingerprint density at radius 2 is 2.29 bits per heavy atom. The van der Waals surface area contributed by atoms with Crippen LogP contribution in [0.2, 0.25) is 0 Å². The second kappa shape index (κ2) is 4.21. The molecule has 14 heavy (non-hydrogen) atoms. The minimum absolute atomic E-state index is 0. The van der Waals surface area contributed by atoms with Crippen molar-refractivity contribution in [3.05, 3.63) is 35.9 Å². The van der Waals surface area contributed by atoms with E-state index in [1.165, 1.54) is 0 Å². The third-order valence-corrected chi connectivity index (χ3v) is 1.92. The Hall–Kier alpha value is -0.713. The Kier molecular flexibility index (Phi) is 3.42. The fraction of sp³-hybridized carbons (Fsp3) is 0.364. The van der Waals surface area contributed by atoms with E-state index >= 15 is 0 Å². The van der Waals surface area contributed by atoms with E-state index in [2.05, 4.69) is 24.9 Å². The molecular formula is C11H12LiNO. The average molecular weight is 181 g/mol. The van der Waals surface area contributed by atoms with Gasteiger partial charge >= 0.3 is 18.9 Å². The van der Waals surface area contributed by atoms with Crippen molar-refractivity contribution in [1.82, 2.24) is 0 Å². The Labute approximate surface area is 96.6 Å². The van der Waals surface area contributed by atoms with Gasteiger partial charge in [0.1, 0.15) is 6.61 Å². The second-order valence-corrected chi connectivity index (χ2v) is 3.81. The van der Waals surface area contributed by atoms with Crippen LogP contribution in [-0.4, -0.2) is 18.0 Å². The Morgan fingerprint density at radius 3 is 2.79 bits per heavy atom. The van der Waals surface area contributed by atoms with Crippen LogP contribution < -0.4 is 18.9 Å². The van der Waals surface area contributed by atoms with Crippen molar-refractivity contribution in [3.63, 3.8) is 0 Å². The minimum Gasteiger partial charge on any atom is -0.485 e. The summed E-state index contributed by atoms with van der Waals surface area (Å²) in [6, 6.07) is 10.7. The fourth-order valence-electron chi connectivity index (χ4n) is 1.26. The van der Waals surface area contributed by atoms with Crippen molar-refractivity contribution < 1.29 is 23.6 Å². The summed E-state index contributed by atoms with van der Waals surface area (Å²) < 4.78 is 5.48. The van der Waals surface area contributed by atoms with Gasteiger partial charge in [0.05, 0.1) is 5.54 Å². The quantitative estimate of drug-likeness (QED) is 0.404. The summed E-state index contributed by atoms with van der Waals surface area (Å²) in [5.74, 6) is 0.738. The molecular weight excluding hydrogens is 169 g/mol. The third-order valence-electron chi connectivity index (χ3n) is 1.92. The van der Waals surface area contributed by atoms with Crippen LogP contribution in [-0.2, 0) is 4.74 Å². The fourth-order valence-corrected chi connectivity index (χ4v) is 1.26. The van der Waals surface area contributed by atoms with Gasteiger partial charge in [0.25, 0.3) is 0 Å². The maximum Gasteiger partial charge on any atom is 1.00 e. The molecule has 2 nitrogen and oxygen atoms in total. The van der Waals surface area contributed by atoms with E-state index in [0.717, 1.165) is 11.5 Å². The molecule has 0 aliphatic carbocycles. The maximum absolute atomic E-state index is 5.48. The van der Waals surface area contributed by atoms with Crippen molar-refractivity contribution in [3.8, 4) is 0 Å². The number of ether oxygens (including phenoxy) is 1. The van der Waals surface area contributed by atoms with Gasteiger partial charge in [-0.25, -0.2) is 0 Å². The van der Waals surface area contributed by atoms with Crippen LogP contribution in [0, 0.1) is 6.07 Å². The number of aliphatic imine (C=N–C) groups is 1. The largest absolute Gasteiger partial charge is 1.00 e. The van der Waals surface area contributed by atoms with Crippen LogP contribution in [0.15, 0.2) is 29.3 Å². The van der Waals surface area contributed by atoms with E-state index < -0.39 is 0 Å². The summed E-state index contributed by atoms with van der Waals surface area (Å²) in [5, 5.41) is 0. The zero-order valence-electron chi connectivity index (χ0n) is 8.87. The molecule has 0 saturated heterocycles. The van der Waals surface area contributed by atoms with Gasteiger partial charge in [0.15, 0.2) is 5.90 Å². The van der Waals surface area contributed by atoms with Gasteiger partial charge < -0.3 is 4.74 Å². The first-order valence-electron chi connectivity index (χ1n) is 4.36. The molecule has 0 spiro atoms. The molecule has 0 N–H and O–H groups in total. The smallest absolute Gasteiger partial charge is 0.485 e. The monoisotopic (exact) mass is 181 g/mol. The molecule has 1 heterocycles. The van der Waals surface area contributed by atoms with Gasteiger partial charge in [-0.2, -0.15) is 30.3 Å². The summed E-state index contributed by atoms with van der Waals surface area (Å²) in [5.41, 5.74) is 0.929. The van der Waals surface area contributed by atoms with Crippen LogP contribution >= 0.6 is 0 Å². The molecule has 68 valence electrons. The van der Waals surface area contributed by atoms with Crippen LogP contribution in [0.1, 0.15) is 19.4 Å². The average Bonchev–Trinajstić information content (AvgIpc) is 2.48. The summed E-state index contributed by atoms with van der Waals surface area (Å²) >= 11 is 0. The van der Waals surface area contributed by atoms with E-state index in [-0.39, 0.29) is 24.4 Å². The third kappa shape index (κ3) is 2.40. The Bertz CT molecular complexity index is 332. The van der Waals surface area contributed by atoms with Gasteiger partial charge in [-0.3, -0.25) is 4.99 Å². The van der Waals surface area contributed by atoms with Crippen LogP contribution in [0.25, 0.3) is 0 Å². The molecule has 0 unspecified atom stereocenters. The summed E-state index contributed by atoms with van der Waals surface area (Å²) in [4.78, 5) is 4.47. The van der Waals surface area contributed by atoms with Crippen molar-refractivity contribution >= 4 is 5.90 Å². The zero-order valence-corrected chi connectivity index (χ0v) is 8.87. The number of hydrogen-bond acceptors (Lipinski definition) is 2. The zero-order chi connectivity index (χ0) is 9.31. The number of rotatable bonds is 1. The molecule has 0 saturated carbocycles. The van der Waals surface area contributed by atoms with Gasteiger partial charge in [-0.05, 0) is 13.8 Å². The minimum atomic E-state index is -0.0782. The standard InChI is InChI=1S/C11H12NO.Li/c1-11(2)8-13-10(12-11)9-6-4-3-5-7-9;/h3-4,6-7H,8H2,1-2H3;/q-1;+1. The van der Waals surface area contributed by atoms with Crippen molar-refractivity contribution in [1.29, 1.82) is 0 Å². The van der Waals surface area contributed by atoms with Gasteiger partial charge in [0, 0.05) is 0 Å². The predicted molar refractivity (Wildman–Crippen MR) is 51.8 cm³/mol. The van der Waals surface area contributed by atoms with E-state index in [4.69, 9.17) is 4.74 Å². The van der Waals surface area contributed by atoms with Crippen molar-refractivity contribution in [2.45, 2.75) is 19.4 Å². The molecule has 0 atom stereocenters. The van der Waals surface area contributed by atoms with Crippen LogP contribution in [0.4, 0.5) is 0 Å². The molecule has 2 rings (SSSR count). The molecule has 0 fully saturated rings. The molecule has 1 aromatic carbocycles. The van der Waals surface area contributed by atoms with Gasteiger partial charge in [-0.15, -0.1) is 0 Å². The molecule has 0 bridgehead atoms.